The van der Waals surface area contributed by atoms with Crippen molar-refractivity contribution >= 4 is 5.82 Å². The van der Waals surface area contributed by atoms with E-state index in [9.17, 15) is 5.11 Å². The molecule has 1 aromatic carbocycles. The standard InChI is InChI=1S/C24H29FN6O/c1-23-9-10-24(2,29(3)14-23)21(25)22(23)30(4)20-8-7-18(27-28-20)17-6-5-16(13-19(17)32)31-12-11-26-15-31/h5-8,11-13,15,21-22,32H,9-10,14H2,1-4H3/t21-,22+,23-,24-/m0/s1. The van der Waals surface area contributed by atoms with Gasteiger partial charge in [-0.15, -0.1) is 10.2 Å². The van der Waals surface area contributed by atoms with Gasteiger partial charge in [-0.05, 0) is 51.1 Å². The largest absolute Gasteiger partial charge is 0.507 e. The number of nitrogens with zero attached hydrogens (tertiary/aromatic N) is 6. The second kappa shape index (κ2) is 7.27. The molecule has 2 aliphatic heterocycles. The van der Waals surface area contributed by atoms with Gasteiger partial charge in [-0.3, -0.25) is 4.90 Å². The van der Waals surface area contributed by atoms with Crippen molar-refractivity contribution in [3.8, 4) is 22.7 Å². The summed E-state index contributed by atoms with van der Waals surface area (Å²) in [6.07, 6.45) is 6.05. The molecule has 4 heterocycles. The molecule has 0 spiro atoms. The van der Waals surface area contributed by atoms with Gasteiger partial charge in [-0.2, -0.15) is 0 Å². The molecule has 6 rings (SSSR count). The first kappa shape index (κ1) is 20.9. The number of fused-ring (bicyclic) bond motifs is 3. The lowest BCUT2D eigenvalue weighted by Gasteiger charge is -2.63. The van der Waals surface area contributed by atoms with Gasteiger partial charge in [0.25, 0.3) is 0 Å². The molecule has 0 radical (unpaired) electrons. The summed E-state index contributed by atoms with van der Waals surface area (Å²) < 4.78 is 17.6. The Bertz CT molecular complexity index is 1120. The van der Waals surface area contributed by atoms with Gasteiger partial charge >= 0.3 is 0 Å². The van der Waals surface area contributed by atoms with Gasteiger partial charge in [0.05, 0.1) is 29.3 Å². The molecule has 168 valence electrons. The highest BCUT2D eigenvalue weighted by Gasteiger charge is 2.61. The summed E-state index contributed by atoms with van der Waals surface area (Å²) >= 11 is 0. The zero-order valence-corrected chi connectivity index (χ0v) is 18.9. The topological polar surface area (TPSA) is 70.3 Å². The van der Waals surface area contributed by atoms with E-state index >= 15 is 4.39 Å². The normalized spacial score (nSPS) is 29.9. The Hall–Kier alpha value is -3.00. The number of benzene rings is 1. The average molecular weight is 437 g/mol. The summed E-state index contributed by atoms with van der Waals surface area (Å²) in [4.78, 5) is 8.16. The van der Waals surface area contributed by atoms with Crippen molar-refractivity contribution in [1.82, 2.24) is 24.6 Å². The molecule has 2 aromatic heterocycles. The van der Waals surface area contributed by atoms with E-state index in [-0.39, 0.29) is 17.2 Å². The van der Waals surface area contributed by atoms with Gasteiger partial charge in [0.2, 0.25) is 0 Å². The Balaban J connectivity index is 1.41. The molecule has 3 aromatic rings. The van der Waals surface area contributed by atoms with E-state index in [1.54, 1.807) is 18.6 Å². The van der Waals surface area contributed by atoms with Crippen molar-refractivity contribution in [2.24, 2.45) is 5.41 Å². The van der Waals surface area contributed by atoms with E-state index in [0.29, 0.717) is 17.1 Å². The van der Waals surface area contributed by atoms with Crippen LogP contribution in [-0.2, 0) is 0 Å². The number of hydrogen-bond acceptors (Lipinski definition) is 6. The van der Waals surface area contributed by atoms with Crippen LogP contribution in [-0.4, -0.2) is 68.1 Å². The van der Waals surface area contributed by atoms with Gasteiger partial charge in [0, 0.05) is 43.0 Å². The van der Waals surface area contributed by atoms with Crippen LogP contribution in [0.1, 0.15) is 26.7 Å². The summed E-state index contributed by atoms with van der Waals surface area (Å²) in [5.41, 5.74) is 1.37. The van der Waals surface area contributed by atoms with Crippen molar-refractivity contribution in [3.05, 3.63) is 49.1 Å². The number of imidazole rings is 1. The Morgan fingerprint density at radius 1 is 1.16 bits per heavy atom. The minimum atomic E-state index is -0.980. The predicted molar refractivity (Wildman–Crippen MR) is 122 cm³/mol. The van der Waals surface area contributed by atoms with Crippen LogP contribution >= 0.6 is 0 Å². The van der Waals surface area contributed by atoms with Crippen LogP contribution in [0.25, 0.3) is 16.9 Å². The van der Waals surface area contributed by atoms with Crippen LogP contribution in [0, 0.1) is 5.41 Å². The minimum absolute atomic E-state index is 0.114. The third-order valence-electron chi connectivity index (χ3n) is 7.75. The van der Waals surface area contributed by atoms with E-state index in [2.05, 4.69) is 27.0 Å². The lowest BCUT2D eigenvalue weighted by Crippen LogP contribution is -2.74. The molecule has 1 saturated carbocycles. The molecule has 4 atom stereocenters. The van der Waals surface area contributed by atoms with Crippen LogP contribution in [0.15, 0.2) is 49.1 Å². The van der Waals surface area contributed by atoms with Crippen molar-refractivity contribution in [2.45, 2.75) is 44.4 Å². The summed E-state index contributed by atoms with van der Waals surface area (Å²) in [6.45, 7) is 5.07. The van der Waals surface area contributed by atoms with E-state index in [0.717, 1.165) is 25.1 Å². The molecule has 0 amide bonds. The maximum atomic E-state index is 15.7. The van der Waals surface area contributed by atoms with E-state index in [1.807, 2.05) is 60.9 Å². The quantitative estimate of drug-likeness (QED) is 0.673. The highest BCUT2D eigenvalue weighted by Crippen LogP contribution is 2.52. The molecule has 8 heteroatoms. The first-order chi connectivity index (χ1) is 15.2. The Kier molecular flexibility index (Phi) is 4.74. The van der Waals surface area contributed by atoms with Crippen LogP contribution in [0.5, 0.6) is 5.75 Å². The summed E-state index contributed by atoms with van der Waals surface area (Å²) in [5.74, 6) is 0.749. The lowest BCUT2D eigenvalue weighted by molar-refractivity contribution is -0.123. The zero-order chi connectivity index (χ0) is 22.7. The first-order valence-electron chi connectivity index (χ1n) is 11.0. The van der Waals surface area contributed by atoms with Crippen LogP contribution < -0.4 is 4.90 Å². The minimum Gasteiger partial charge on any atom is -0.507 e. The molecular weight excluding hydrogens is 407 g/mol. The average Bonchev–Trinajstić information content (AvgIpc) is 3.31. The number of hydrogen-bond donors (Lipinski definition) is 1. The molecule has 32 heavy (non-hydrogen) atoms. The monoisotopic (exact) mass is 436 g/mol. The predicted octanol–water partition coefficient (Wildman–Crippen LogP) is 3.68. The van der Waals surface area contributed by atoms with E-state index < -0.39 is 11.7 Å². The van der Waals surface area contributed by atoms with Crippen molar-refractivity contribution in [3.63, 3.8) is 0 Å². The summed E-state index contributed by atoms with van der Waals surface area (Å²) in [5, 5.41) is 19.3. The third kappa shape index (κ3) is 3.08. The SMILES string of the molecule is CN(c1ccc(-c2ccc(-n3ccnc3)cc2O)nn1)[C@@H]1[C@H](F)[C@]2(C)CC[C@@]1(C)CN2C. The van der Waals surface area contributed by atoms with Crippen molar-refractivity contribution in [2.75, 3.05) is 25.5 Å². The number of phenols is 1. The van der Waals surface area contributed by atoms with Gasteiger partial charge < -0.3 is 14.6 Å². The summed E-state index contributed by atoms with van der Waals surface area (Å²) in [7, 11) is 3.94. The fourth-order valence-corrected chi connectivity index (χ4v) is 5.59. The van der Waals surface area contributed by atoms with Gasteiger partial charge in [0.15, 0.2) is 5.82 Å². The Morgan fingerprint density at radius 2 is 1.97 bits per heavy atom. The zero-order valence-electron chi connectivity index (χ0n) is 18.9. The number of anilines is 1. The van der Waals surface area contributed by atoms with E-state index in [4.69, 9.17) is 0 Å². The number of halogens is 1. The number of alkyl halides is 1. The highest BCUT2D eigenvalue weighted by atomic mass is 19.1. The number of rotatable bonds is 4. The molecule has 2 saturated heterocycles. The number of aromatic nitrogens is 4. The smallest absolute Gasteiger partial charge is 0.151 e. The number of piperidine rings is 2. The number of aromatic hydroxyl groups is 1. The van der Waals surface area contributed by atoms with Gasteiger partial charge in [0.1, 0.15) is 11.9 Å². The lowest BCUT2D eigenvalue weighted by atomic mass is 9.59. The first-order valence-corrected chi connectivity index (χ1v) is 11.0. The Labute approximate surface area is 187 Å². The molecule has 7 nitrogen and oxygen atoms in total. The fourth-order valence-electron chi connectivity index (χ4n) is 5.59. The molecule has 0 unspecified atom stereocenters. The Morgan fingerprint density at radius 3 is 2.59 bits per heavy atom. The second-order valence-electron chi connectivity index (χ2n) is 9.77. The van der Waals surface area contributed by atoms with Crippen LogP contribution in [0.3, 0.4) is 0 Å². The fraction of sp³-hybridized carbons (Fsp3) is 0.458. The second-order valence-corrected chi connectivity index (χ2v) is 9.77. The van der Waals surface area contributed by atoms with Crippen LogP contribution in [0.2, 0.25) is 0 Å². The van der Waals surface area contributed by atoms with E-state index in [1.165, 1.54) is 0 Å². The molecular formula is C24H29FN6O. The highest BCUT2D eigenvalue weighted by molar-refractivity contribution is 5.69. The van der Waals surface area contributed by atoms with Crippen molar-refractivity contribution in [1.29, 1.82) is 0 Å². The third-order valence-corrected chi connectivity index (χ3v) is 7.75. The van der Waals surface area contributed by atoms with Gasteiger partial charge in [-0.1, -0.05) is 6.92 Å². The number of phenolic OH excluding ortho intramolecular Hbond substituents is 1. The molecule has 1 N–H and O–H groups in total. The molecule has 3 fully saturated rings. The van der Waals surface area contributed by atoms with Gasteiger partial charge in [-0.25, -0.2) is 9.37 Å². The molecule has 2 bridgehead atoms. The molecule has 3 aliphatic rings. The van der Waals surface area contributed by atoms with Crippen molar-refractivity contribution < 1.29 is 9.50 Å². The molecule has 1 aliphatic carbocycles. The maximum Gasteiger partial charge on any atom is 0.151 e. The van der Waals surface area contributed by atoms with Crippen LogP contribution in [0.4, 0.5) is 10.2 Å². The maximum absolute atomic E-state index is 15.7. The summed E-state index contributed by atoms with van der Waals surface area (Å²) in [6, 6.07) is 8.80.